The normalized spacial score (nSPS) is 34.4. The van der Waals surface area contributed by atoms with Crippen LogP contribution in [0.1, 0.15) is 44.2 Å². The molecule has 1 aromatic carbocycles. The molecule has 1 nitrogen and oxygen atoms in total. The molecular weight excluding hydrogens is 220 g/mol. The maximum Gasteiger partial charge on any atom is 0.0712 e. The van der Waals surface area contributed by atoms with Gasteiger partial charge in [0, 0.05) is 0 Å². The summed E-state index contributed by atoms with van der Waals surface area (Å²) in [6.07, 6.45) is 5.55. The molecule has 0 aliphatic heterocycles. The molecule has 1 saturated carbocycles. The second-order valence-corrected chi connectivity index (χ2v) is 6.74. The molecular formula is C17H24O. The van der Waals surface area contributed by atoms with Crippen LogP contribution >= 0.6 is 0 Å². The van der Waals surface area contributed by atoms with E-state index in [0.717, 1.165) is 19.3 Å². The number of hydrogen-bond acceptors (Lipinski definition) is 1. The molecule has 0 amide bonds. The van der Waals surface area contributed by atoms with E-state index in [2.05, 4.69) is 38.1 Å². The standard InChI is InChI=1S/C17H24O/c1-12(2)11-17(18)15-7-8-16(17)10-14-6-4-3-5-13(14)9-15/h3-6,12,15-16,18H,7-11H2,1-2H3. The number of fused-ring (bicyclic) bond motifs is 3. The lowest BCUT2D eigenvalue weighted by Gasteiger charge is -2.35. The van der Waals surface area contributed by atoms with E-state index in [4.69, 9.17) is 0 Å². The highest BCUT2D eigenvalue weighted by Crippen LogP contribution is 2.49. The Morgan fingerprint density at radius 3 is 2.06 bits per heavy atom. The van der Waals surface area contributed by atoms with Gasteiger partial charge in [-0.2, -0.15) is 0 Å². The van der Waals surface area contributed by atoms with E-state index in [-0.39, 0.29) is 0 Å². The molecule has 0 heterocycles. The first-order valence-corrected chi connectivity index (χ1v) is 7.38. The van der Waals surface area contributed by atoms with Crippen LogP contribution in [0, 0.1) is 17.8 Å². The Hall–Kier alpha value is -0.820. The van der Waals surface area contributed by atoms with Crippen LogP contribution in [-0.2, 0) is 12.8 Å². The van der Waals surface area contributed by atoms with E-state index in [0.29, 0.717) is 17.8 Å². The second-order valence-electron chi connectivity index (χ2n) is 6.74. The maximum absolute atomic E-state index is 11.2. The number of rotatable bonds is 2. The molecule has 0 saturated heterocycles. The lowest BCUT2D eigenvalue weighted by atomic mass is 9.77. The Bertz CT molecular complexity index is 402. The Balaban J connectivity index is 1.95. The highest BCUT2D eigenvalue weighted by molar-refractivity contribution is 5.31. The second kappa shape index (κ2) is 4.38. The minimum atomic E-state index is -0.410. The fraction of sp³-hybridized carbons (Fsp3) is 0.647. The zero-order valence-corrected chi connectivity index (χ0v) is 11.5. The first kappa shape index (κ1) is 12.2. The highest BCUT2D eigenvalue weighted by atomic mass is 16.3. The molecule has 98 valence electrons. The van der Waals surface area contributed by atoms with Crippen molar-refractivity contribution in [1.29, 1.82) is 0 Å². The van der Waals surface area contributed by atoms with Crippen LogP contribution in [0.4, 0.5) is 0 Å². The number of aliphatic hydroxyl groups is 1. The summed E-state index contributed by atoms with van der Waals surface area (Å²) in [5, 5.41) is 11.2. The topological polar surface area (TPSA) is 20.2 Å². The summed E-state index contributed by atoms with van der Waals surface area (Å²) >= 11 is 0. The van der Waals surface area contributed by atoms with Gasteiger partial charge >= 0.3 is 0 Å². The van der Waals surface area contributed by atoms with Crippen LogP contribution < -0.4 is 0 Å². The van der Waals surface area contributed by atoms with Gasteiger partial charge in [0.05, 0.1) is 5.60 Å². The van der Waals surface area contributed by atoms with Gasteiger partial charge in [0.25, 0.3) is 0 Å². The van der Waals surface area contributed by atoms with Crippen LogP contribution in [-0.4, -0.2) is 10.7 Å². The van der Waals surface area contributed by atoms with Gasteiger partial charge in [-0.15, -0.1) is 0 Å². The molecule has 3 rings (SSSR count). The van der Waals surface area contributed by atoms with Gasteiger partial charge in [0.1, 0.15) is 0 Å². The lowest BCUT2D eigenvalue weighted by Crippen LogP contribution is -2.41. The van der Waals surface area contributed by atoms with Crippen molar-refractivity contribution in [3.8, 4) is 0 Å². The van der Waals surface area contributed by atoms with Gasteiger partial charge in [0.2, 0.25) is 0 Å². The summed E-state index contributed by atoms with van der Waals surface area (Å²) in [4.78, 5) is 0. The smallest absolute Gasteiger partial charge is 0.0712 e. The third-order valence-corrected chi connectivity index (χ3v) is 5.06. The first-order valence-electron chi connectivity index (χ1n) is 7.38. The molecule has 1 aromatic rings. The number of benzene rings is 1. The van der Waals surface area contributed by atoms with E-state index in [9.17, 15) is 5.11 Å². The quantitative estimate of drug-likeness (QED) is 0.843. The Morgan fingerprint density at radius 1 is 1.11 bits per heavy atom. The van der Waals surface area contributed by atoms with Crippen molar-refractivity contribution in [1.82, 2.24) is 0 Å². The predicted octanol–water partition coefficient (Wildman–Crippen LogP) is 3.59. The third-order valence-electron chi connectivity index (χ3n) is 5.06. The van der Waals surface area contributed by atoms with E-state index in [1.807, 2.05) is 0 Å². The van der Waals surface area contributed by atoms with Crippen molar-refractivity contribution in [2.75, 3.05) is 0 Å². The zero-order valence-electron chi connectivity index (χ0n) is 11.5. The van der Waals surface area contributed by atoms with Gasteiger partial charge in [-0.3, -0.25) is 0 Å². The minimum absolute atomic E-state index is 0.410. The van der Waals surface area contributed by atoms with Crippen LogP contribution in [0.15, 0.2) is 24.3 Å². The van der Waals surface area contributed by atoms with E-state index in [1.54, 1.807) is 0 Å². The first-order chi connectivity index (χ1) is 8.59. The molecule has 0 spiro atoms. The predicted molar refractivity (Wildman–Crippen MR) is 74.5 cm³/mol. The fourth-order valence-electron chi connectivity index (χ4n) is 4.27. The minimum Gasteiger partial charge on any atom is -0.389 e. The van der Waals surface area contributed by atoms with Gasteiger partial charge in [-0.05, 0) is 61.0 Å². The van der Waals surface area contributed by atoms with E-state index in [1.165, 1.54) is 24.0 Å². The molecule has 2 atom stereocenters. The fourth-order valence-corrected chi connectivity index (χ4v) is 4.27. The summed E-state index contributed by atoms with van der Waals surface area (Å²) < 4.78 is 0. The average Bonchev–Trinajstić information content (AvgIpc) is 2.50. The van der Waals surface area contributed by atoms with Crippen molar-refractivity contribution >= 4 is 0 Å². The lowest BCUT2D eigenvalue weighted by molar-refractivity contribution is -0.0501. The molecule has 1 N–H and O–H groups in total. The van der Waals surface area contributed by atoms with Gasteiger partial charge in [-0.25, -0.2) is 0 Å². The van der Waals surface area contributed by atoms with E-state index >= 15 is 0 Å². The Kier molecular flexibility index (Phi) is 2.97. The van der Waals surface area contributed by atoms with Gasteiger partial charge in [0.15, 0.2) is 0 Å². The van der Waals surface area contributed by atoms with Crippen molar-refractivity contribution in [2.45, 2.75) is 51.6 Å². The van der Waals surface area contributed by atoms with Crippen LogP contribution in [0.2, 0.25) is 0 Å². The van der Waals surface area contributed by atoms with Crippen LogP contribution in [0.5, 0.6) is 0 Å². The molecule has 2 aliphatic rings. The third kappa shape index (κ3) is 1.89. The molecule has 0 radical (unpaired) electrons. The Morgan fingerprint density at radius 2 is 1.61 bits per heavy atom. The molecule has 2 unspecified atom stereocenters. The molecule has 2 aliphatic carbocycles. The summed E-state index contributed by atoms with van der Waals surface area (Å²) in [6, 6.07) is 8.79. The zero-order chi connectivity index (χ0) is 12.8. The van der Waals surface area contributed by atoms with E-state index < -0.39 is 5.60 Å². The van der Waals surface area contributed by atoms with Crippen molar-refractivity contribution in [3.05, 3.63) is 35.4 Å². The van der Waals surface area contributed by atoms with Crippen molar-refractivity contribution in [2.24, 2.45) is 17.8 Å². The summed E-state index contributed by atoms with van der Waals surface area (Å²) in [6.45, 7) is 4.46. The average molecular weight is 244 g/mol. The van der Waals surface area contributed by atoms with Crippen LogP contribution in [0.3, 0.4) is 0 Å². The highest BCUT2D eigenvalue weighted by Gasteiger charge is 2.50. The molecule has 1 fully saturated rings. The van der Waals surface area contributed by atoms with Crippen molar-refractivity contribution in [3.63, 3.8) is 0 Å². The van der Waals surface area contributed by atoms with Crippen LogP contribution in [0.25, 0.3) is 0 Å². The van der Waals surface area contributed by atoms with Gasteiger partial charge < -0.3 is 5.11 Å². The summed E-state index contributed by atoms with van der Waals surface area (Å²) in [5.41, 5.74) is 2.55. The molecule has 1 heteroatoms. The van der Waals surface area contributed by atoms with Gasteiger partial charge in [-0.1, -0.05) is 38.1 Å². The summed E-state index contributed by atoms with van der Waals surface area (Å²) in [5.74, 6) is 1.54. The molecule has 0 aromatic heterocycles. The SMILES string of the molecule is CC(C)CC1(O)C2CCC1Cc1ccccc1C2. The molecule has 18 heavy (non-hydrogen) atoms. The monoisotopic (exact) mass is 244 g/mol. The summed E-state index contributed by atoms with van der Waals surface area (Å²) in [7, 11) is 0. The maximum atomic E-state index is 11.2. The Labute approximate surface area is 110 Å². The number of hydrogen-bond donors (Lipinski definition) is 1. The molecule has 2 bridgehead atoms. The largest absolute Gasteiger partial charge is 0.389 e. The van der Waals surface area contributed by atoms with Crippen molar-refractivity contribution < 1.29 is 5.11 Å².